The average Bonchev–Trinajstić information content (AvgIpc) is 3.06. The van der Waals surface area contributed by atoms with Gasteiger partial charge in [-0.3, -0.25) is 9.59 Å². The van der Waals surface area contributed by atoms with Crippen LogP contribution in [0.15, 0.2) is 11.8 Å². The number of esters is 1. The van der Waals surface area contributed by atoms with Gasteiger partial charge in [0.25, 0.3) is 0 Å². The third-order valence-corrected chi connectivity index (χ3v) is 5.52. The Bertz CT molecular complexity index is 539. The highest BCUT2D eigenvalue weighted by atomic mass is 16.7. The second-order valence-electron chi connectivity index (χ2n) is 8.21. The summed E-state index contributed by atoms with van der Waals surface area (Å²) in [6.07, 6.45) is 11.4. The topological polar surface area (TPSA) is 73.9 Å². The summed E-state index contributed by atoms with van der Waals surface area (Å²) in [5.74, 6) is -0.427. The maximum atomic E-state index is 12.2. The number of carbonyl (C=O) groups is 2. The van der Waals surface area contributed by atoms with E-state index in [-0.39, 0.29) is 29.7 Å². The van der Waals surface area contributed by atoms with E-state index in [9.17, 15) is 9.59 Å². The third kappa shape index (κ3) is 8.31. The fraction of sp³-hybridized carbons (Fsp3) is 0.818. The number of ether oxygens (including phenoxy) is 3. The van der Waals surface area contributed by atoms with Crippen molar-refractivity contribution in [2.45, 2.75) is 103 Å². The predicted octanol–water partition coefficient (Wildman–Crippen LogP) is 4.03. The Hall–Kier alpha value is -1.40. The van der Waals surface area contributed by atoms with Crippen LogP contribution in [0.3, 0.4) is 0 Å². The molecule has 0 aromatic rings. The van der Waals surface area contributed by atoms with E-state index in [1.165, 1.54) is 26.2 Å². The highest BCUT2D eigenvalue weighted by Crippen LogP contribution is 2.25. The van der Waals surface area contributed by atoms with Crippen LogP contribution in [-0.2, 0) is 23.8 Å². The summed E-state index contributed by atoms with van der Waals surface area (Å²) >= 11 is 0. The van der Waals surface area contributed by atoms with Crippen LogP contribution in [0.5, 0.6) is 0 Å². The molecule has 0 saturated carbocycles. The van der Waals surface area contributed by atoms with Crippen molar-refractivity contribution in [3.8, 4) is 0 Å². The Morgan fingerprint density at radius 2 is 1.79 bits per heavy atom. The molecule has 6 nitrogen and oxygen atoms in total. The lowest BCUT2D eigenvalue weighted by atomic mass is 9.98. The Morgan fingerprint density at radius 1 is 1.14 bits per heavy atom. The van der Waals surface area contributed by atoms with Gasteiger partial charge >= 0.3 is 5.97 Å². The first-order chi connectivity index (χ1) is 13.4. The molecule has 6 heteroatoms. The van der Waals surface area contributed by atoms with E-state index in [2.05, 4.69) is 5.32 Å². The second kappa shape index (κ2) is 11.6. The van der Waals surface area contributed by atoms with E-state index in [4.69, 9.17) is 14.2 Å². The van der Waals surface area contributed by atoms with Crippen molar-refractivity contribution < 1.29 is 23.8 Å². The lowest BCUT2D eigenvalue weighted by Gasteiger charge is -2.31. The molecule has 0 spiro atoms. The zero-order valence-electron chi connectivity index (χ0n) is 17.8. The summed E-state index contributed by atoms with van der Waals surface area (Å²) in [5, 5.41) is 3.30. The molecule has 2 atom stereocenters. The number of nitrogens with one attached hydrogen (secondary N) is 1. The van der Waals surface area contributed by atoms with Crippen molar-refractivity contribution >= 4 is 11.8 Å². The fourth-order valence-corrected chi connectivity index (χ4v) is 3.91. The normalized spacial score (nSPS) is 25.5. The molecule has 0 amide bonds. The number of hydrogen-bond donors (Lipinski definition) is 1. The molecule has 160 valence electrons. The Balaban J connectivity index is 1.50. The number of rotatable bonds is 11. The van der Waals surface area contributed by atoms with Crippen LogP contribution in [0.25, 0.3) is 0 Å². The van der Waals surface area contributed by atoms with E-state index in [1.54, 1.807) is 6.08 Å². The van der Waals surface area contributed by atoms with Gasteiger partial charge in [-0.05, 0) is 39.5 Å². The standard InChI is InChI=1S/C22H37NO5/c1-17-21(28-18(2)24)12-11-19(23-17)16-20(25)10-8-6-4-5-7-9-13-22(3)26-14-15-27-22/h16-17,21,23H,4-15H2,1-3H3/b19-16-/t17-,21-/m1/s1. The van der Waals surface area contributed by atoms with Gasteiger partial charge in [-0.1, -0.05) is 25.7 Å². The number of piperidine rings is 1. The van der Waals surface area contributed by atoms with E-state index in [0.717, 1.165) is 44.2 Å². The first kappa shape index (κ1) is 22.9. The molecule has 0 unspecified atom stereocenters. The molecular formula is C22H37NO5. The molecule has 2 aliphatic heterocycles. The molecule has 28 heavy (non-hydrogen) atoms. The molecule has 2 fully saturated rings. The van der Waals surface area contributed by atoms with E-state index in [1.807, 2.05) is 13.8 Å². The summed E-state index contributed by atoms with van der Waals surface area (Å²) < 4.78 is 16.5. The van der Waals surface area contributed by atoms with Crippen LogP contribution in [0.2, 0.25) is 0 Å². The number of hydrogen-bond acceptors (Lipinski definition) is 6. The minimum Gasteiger partial charge on any atom is -0.460 e. The van der Waals surface area contributed by atoms with Gasteiger partial charge in [-0.15, -0.1) is 0 Å². The molecule has 2 aliphatic rings. The first-order valence-corrected chi connectivity index (χ1v) is 10.8. The van der Waals surface area contributed by atoms with Gasteiger partial charge in [0, 0.05) is 31.5 Å². The summed E-state index contributed by atoms with van der Waals surface area (Å²) in [5.41, 5.74) is 0.964. The average molecular weight is 396 g/mol. The minimum absolute atomic E-state index is 0.0407. The zero-order valence-corrected chi connectivity index (χ0v) is 17.8. The molecule has 0 bridgehead atoms. The van der Waals surface area contributed by atoms with Crippen molar-refractivity contribution in [2.75, 3.05) is 13.2 Å². The van der Waals surface area contributed by atoms with E-state index in [0.29, 0.717) is 19.6 Å². The zero-order chi connectivity index (χ0) is 20.4. The quantitative estimate of drug-likeness (QED) is 0.323. The molecular weight excluding hydrogens is 358 g/mol. The smallest absolute Gasteiger partial charge is 0.302 e. The van der Waals surface area contributed by atoms with E-state index >= 15 is 0 Å². The number of allylic oxidation sites excluding steroid dienone is 2. The van der Waals surface area contributed by atoms with Crippen molar-refractivity contribution in [2.24, 2.45) is 0 Å². The van der Waals surface area contributed by atoms with Crippen LogP contribution in [0.1, 0.15) is 85.0 Å². The van der Waals surface area contributed by atoms with Crippen molar-refractivity contribution in [1.29, 1.82) is 0 Å². The van der Waals surface area contributed by atoms with Gasteiger partial charge in [-0.25, -0.2) is 0 Å². The monoisotopic (exact) mass is 395 g/mol. The summed E-state index contributed by atoms with van der Waals surface area (Å²) in [4.78, 5) is 23.3. The van der Waals surface area contributed by atoms with E-state index < -0.39 is 0 Å². The largest absolute Gasteiger partial charge is 0.460 e. The first-order valence-electron chi connectivity index (χ1n) is 10.8. The highest BCUT2D eigenvalue weighted by molar-refractivity contribution is 5.90. The Kier molecular flexibility index (Phi) is 9.45. The summed E-state index contributed by atoms with van der Waals surface area (Å²) in [6, 6.07) is 0.0407. The van der Waals surface area contributed by atoms with Crippen LogP contribution in [-0.4, -0.2) is 42.9 Å². The fourth-order valence-electron chi connectivity index (χ4n) is 3.91. The Labute approximate surface area is 169 Å². The highest BCUT2D eigenvalue weighted by Gasteiger charge is 2.29. The van der Waals surface area contributed by atoms with Crippen molar-refractivity contribution in [3.63, 3.8) is 0 Å². The lowest BCUT2D eigenvalue weighted by Crippen LogP contribution is -2.43. The number of carbonyl (C=O) groups excluding carboxylic acids is 2. The number of ketones is 1. The number of unbranched alkanes of at least 4 members (excludes halogenated alkanes) is 5. The van der Waals surface area contributed by atoms with Gasteiger partial charge in [0.1, 0.15) is 6.10 Å². The SMILES string of the molecule is CC(=O)O[C@@H]1CC/C(=C/C(=O)CCCCCCCCC2(C)OCCO2)N[C@@H]1C. The maximum absolute atomic E-state index is 12.2. The van der Waals surface area contributed by atoms with Crippen LogP contribution < -0.4 is 5.32 Å². The predicted molar refractivity (Wildman–Crippen MR) is 108 cm³/mol. The molecule has 0 aliphatic carbocycles. The van der Waals surface area contributed by atoms with Crippen LogP contribution >= 0.6 is 0 Å². The molecule has 0 radical (unpaired) electrons. The van der Waals surface area contributed by atoms with Crippen LogP contribution in [0.4, 0.5) is 0 Å². The molecule has 2 rings (SSSR count). The van der Waals surface area contributed by atoms with Crippen LogP contribution in [0, 0.1) is 0 Å². The third-order valence-electron chi connectivity index (χ3n) is 5.52. The summed E-state index contributed by atoms with van der Waals surface area (Å²) in [6.45, 7) is 6.86. The van der Waals surface area contributed by atoms with Gasteiger partial charge in [0.2, 0.25) is 0 Å². The van der Waals surface area contributed by atoms with Gasteiger partial charge in [-0.2, -0.15) is 0 Å². The minimum atomic E-state index is -0.358. The maximum Gasteiger partial charge on any atom is 0.302 e. The molecule has 0 aromatic carbocycles. The molecule has 0 aromatic heterocycles. The van der Waals surface area contributed by atoms with Gasteiger partial charge in [0.05, 0.1) is 19.3 Å². The molecule has 1 N–H and O–H groups in total. The van der Waals surface area contributed by atoms with Gasteiger partial charge in [0.15, 0.2) is 11.6 Å². The van der Waals surface area contributed by atoms with Gasteiger partial charge < -0.3 is 19.5 Å². The summed E-state index contributed by atoms with van der Waals surface area (Å²) in [7, 11) is 0. The second-order valence-corrected chi connectivity index (χ2v) is 8.21. The molecule has 2 heterocycles. The van der Waals surface area contributed by atoms with Crippen molar-refractivity contribution in [1.82, 2.24) is 5.32 Å². The van der Waals surface area contributed by atoms with Crippen molar-refractivity contribution in [3.05, 3.63) is 11.8 Å². The lowest BCUT2D eigenvalue weighted by molar-refractivity contribution is -0.148. The Morgan fingerprint density at radius 3 is 2.43 bits per heavy atom. The molecule has 2 saturated heterocycles.